The Morgan fingerprint density at radius 2 is 1.38 bits per heavy atom. The number of esters is 3. The van der Waals surface area contributed by atoms with Gasteiger partial charge in [-0.1, -0.05) is 15.9 Å². The highest BCUT2D eigenvalue weighted by Gasteiger charge is 2.50. The van der Waals surface area contributed by atoms with E-state index >= 15 is 0 Å². The van der Waals surface area contributed by atoms with Crippen LogP contribution in [-0.4, -0.2) is 59.1 Å². The minimum atomic E-state index is -1.09. The molecule has 1 rings (SSSR count). The topological polar surface area (TPSA) is 108 Å². The van der Waals surface area contributed by atoms with Crippen molar-refractivity contribution in [3.63, 3.8) is 0 Å². The highest BCUT2D eigenvalue weighted by molar-refractivity contribution is 9.09. The Hall–Kier alpha value is -1.19. The molecule has 0 spiro atoms. The fourth-order valence-electron chi connectivity index (χ4n) is 1.99. The molecule has 0 aromatic carbocycles. The van der Waals surface area contributed by atoms with Crippen LogP contribution in [0.4, 0.5) is 0 Å². The van der Waals surface area contributed by atoms with Gasteiger partial charge < -0.3 is 24.1 Å². The molecule has 1 N–H and O–H groups in total. The molecule has 0 unspecified atom stereocenters. The van der Waals surface area contributed by atoms with Gasteiger partial charge in [0.15, 0.2) is 23.3 Å². The minimum Gasteiger partial charge on any atom is -0.456 e. The van der Waals surface area contributed by atoms with Gasteiger partial charge in [-0.15, -0.1) is 0 Å². The predicted octanol–water partition coefficient (Wildman–Crippen LogP) is -0.106. The third kappa shape index (κ3) is 4.94. The van der Waals surface area contributed by atoms with Crippen LogP contribution in [0.15, 0.2) is 0 Å². The van der Waals surface area contributed by atoms with E-state index in [-0.39, 0.29) is 0 Å². The number of ether oxygens (including phenoxy) is 4. The van der Waals surface area contributed by atoms with Crippen molar-refractivity contribution in [2.75, 3.05) is 6.61 Å². The highest BCUT2D eigenvalue weighted by atomic mass is 79.9. The Bertz CT molecular complexity index is 412. The standard InChI is InChI=1S/C12H17BrO8/c1-5(15)18-9-8(4-14)21-12(13)11(20-7(3)17)10(9)19-6(2)16/h8-12,14H,4H2,1-3H3/t8-,9+,10+,11-,12+/m1/s1. The number of alkyl halides is 1. The van der Waals surface area contributed by atoms with Crippen LogP contribution in [0.25, 0.3) is 0 Å². The molecule has 21 heavy (non-hydrogen) atoms. The van der Waals surface area contributed by atoms with E-state index in [1.54, 1.807) is 0 Å². The fraction of sp³-hybridized carbons (Fsp3) is 0.750. The number of rotatable bonds is 4. The largest absolute Gasteiger partial charge is 0.456 e. The SMILES string of the molecule is CC(=O)O[C@@H]1[C@@H](OC(C)=O)[C@@H](Br)O[C@H](CO)[C@@H]1OC(C)=O. The Kier molecular flexibility index (Phi) is 6.56. The van der Waals surface area contributed by atoms with Gasteiger partial charge in [0.2, 0.25) is 0 Å². The Morgan fingerprint density at radius 1 is 0.952 bits per heavy atom. The lowest BCUT2D eigenvalue weighted by Crippen LogP contribution is -2.60. The maximum Gasteiger partial charge on any atom is 0.303 e. The summed E-state index contributed by atoms with van der Waals surface area (Å²) in [5, 5.41) is 8.50. The number of hydrogen-bond donors (Lipinski definition) is 1. The molecule has 1 fully saturated rings. The molecule has 8 nitrogen and oxygen atoms in total. The van der Waals surface area contributed by atoms with Crippen LogP contribution in [-0.2, 0) is 33.3 Å². The summed E-state index contributed by atoms with van der Waals surface area (Å²) in [4.78, 5) is 33.6. The Morgan fingerprint density at radius 3 is 1.81 bits per heavy atom. The summed E-state index contributed by atoms with van der Waals surface area (Å²) in [5.74, 6) is -1.91. The summed E-state index contributed by atoms with van der Waals surface area (Å²) < 4.78 is 20.6. The number of carbonyl (C=O) groups excluding carboxylic acids is 3. The van der Waals surface area contributed by atoms with E-state index in [0.29, 0.717) is 0 Å². The average Bonchev–Trinajstić information content (AvgIpc) is 2.35. The molecule has 1 saturated heterocycles. The van der Waals surface area contributed by atoms with E-state index in [0.717, 1.165) is 0 Å². The summed E-state index contributed by atoms with van der Waals surface area (Å²) >= 11 is 3.15. The fourth-order valence-corrected chi connectivity index (χ4v) is 2.67. The second-order valence-corrected chi connectivity index (χ2v) is 5.33. The first-order chi connectivity index (χ1) is 9.76. The first-order valence-electron chi connectivity index (χ1n) is 6.18. The second-order valence-electron chi connectivity index (χ2n) is 4.43. The van der Waals surface area contributed by atoms with Gasteiger partial charge in [0.05, 0.1) is 6.61 Å². The lowest BCUT2D eigenvalue weighted by Gasteiger charge is -2.42. The molecule has 0 saturated carbocycles. The molecule has 0 radical (unpaired) electrons. The summed E-state index contributed by atoms with van der Waals surface area (Å²) in [6.07, 6.45) is -4.12. The molecule has 5 atom stereocenters. The van der Waals surface area contributed by atoms with Crippen molar-refractivity contribution < 1.29 is 38.4 Å². The van der Waals surface area contributed by atoms with E-state index in [4.69, 9.17) is 18.9 Å². The van der Waals surface area contributed by atoms with Gasteiger partial charge in [0.1, 0.15) is 6.10 Å². The monoisotopic (exact) mass is 368 g/mol. The summed E-state index contributed by atoms with van der Waals surface area (Å²) in [6, 6.07) is 0. The van der Waals surface area contributed by atoms with E-state index in [2.05, 4.69) is 15.9 Å². The number of hydrogen-bond acceptors (Lipinski definition) is 8. The van der Waals surface area contributed by atoms with Gasteiger partial charge in [-0.25, -0.2) is 0 Å². The first kappa shape index (κ1) is 17.9. The van der Waals surface area contributed by atoms with Crippen LogP contribution in [0.3, 0.4) is 0 Å². The van der Waals surface area contributed by atoms with Crippen molar-refractivity contribution in [3.8, 4) is 0 Å². The quantitative estimate of drug-likeness (QED) is 0.416. The highest BCUT2D eigenvalue weighted by Crippen LogP contribution is 2.31. The third-order valence-corrected chi connectivity index (χ3v) is 3.40. The molecule has 0 aromatic heterocycles. The maximum absolute atomic E-state index is 11.3. The number of carbonyl (C=O) groups is 3. The molecule has 0 aliphatic carbocycles. The van der Waals surface area contributed by atoms with E-state index in [9.17, 15) is 19.5 Å². The van der Waals surface area contributed by atoms with Crippen LogP contribution in [0.5, 0.6) is 0 Å². The Labute approximate surface area is 129 Å². The van der Waals surface area contributed by atoms with Crippen LogP contribution >= 0.6 is 15.9 Å². The zero-order valence-electron chi connectivity index (χ0n) is 11.8. The molecule has 0 aromatic rings. The maximum atomic E-state index is 11.3. The molecule has 0 bridgehead atoms. The summed E-state index contributed by atoms with van der Waals surface area (Å²) in [6.45, 7) is 3.05. The summed E-state index contributed by atoms with van der Waals surface area (Å²) in [5.41, 5.74) is 0. The second kappa shape index (κ2) is 7.71. The van der Waals surface area contributed by atoms with Crippen LogP contribution in [0, 0.1) is 0 Å². The van der Waals surface area contributed by atoms with Crippen molar-refractivity contribution in [1.29, 1.82) is 0 Å². The number of halogens is 1. The molecule has 120 valence electrons. The Balaban J connectivity index is 3.08. The van der Waals surface area contributed by atoms with Crippen LogP contribution in [0.2, 0.25) is 0 Å². The van der Waals surface area contributed by atoms with E-state index in [1.807, 2.05) is 0 Å². The minimum absolute atomic E-state index is 0.468. The number of aliphatic hydroxyl groups excluding tert-OH is 1. The molecular weight excluding hydrogens is 352 g/mol. The third-order valence-electron chi connectivity index (χ3n) is 2.66. The van der Waals surface area contributed by atoms with Gasteiger partial charge in [-0.2, -0.15) is 0 Å². The smallest absolute Gasteiger partial charge is 0.303 e. The molecule has 1 heterocycles. The summed E-state index contributed by atoms with van der Waals surface area (Å²) in [7, 11) is 0. The van der Waals surface area contributed by atoms with Gasteiger partial charge >= 0.3 is 17.9 Å². The van der Waals surface area contributed by atoms with Crippen molar-refractivity contribution in [2.24, 2.45) is 0 Å². The first-order valence-corrected chi connectivity index (χ1v) is 7.09. The van der Waals surface area contributed by atoms with Crippen LogP contribution < -0.4 is 0 Å². The van der Waals surface area contributed by atoms with Gasteiger partial charge in [-0.05, 0) is 0 Å². The van der Waals surface area contributed by atoms with Gasteiger partial charge in [0.25, 0.3) is 0 Å². The van der Waals surface area contributed by atoms with Gasteiger partial charge in [-0.3, -0.25) is 14.4 Å². The molecule has 0 amide bonds. The van der Waals surface area contributed by atoms with Gasteiger partial charge in [0, 0.05) is 20.8 Å². The average molecular weight is 369 g/mol. The normalized spacial score (nSPS) is 32.1. The van der Waals surface area contributed by atoms with Crippen molar-refractivity contribution >= 4 is 33.8 Å². The van der Waals surface area contributed by atoms with Crippen molar-refractivity contribution in [3.05, 3.63) is 0 Å². The predicted molar refractivity (Wildman–Crippen MR) is 71.3 cm³/mol. The zero-order valence-corrected chi connectivity index (χ0v) is 13.4. The van der Waals surface area contributed by atoms with Crippen molar-refractivity contribution in [1.82, 2.24) is 0 Å². The molecular formula is C12H17BrO8. The number of aliphatic hydroxyl groups is 1. The molecule has 1 aliphatic rings. The van der Waals surface area contributed by atoms with E-state index in [1.165, 1.54) is 20.8 Å². The molecule has 9 heteroatoms. The van der Waals surface area contributed by atoms with Crippen LogP contribution in [0.1, 0.15) is 20.8 Å². The zero-order chi connectivity index (χ0) is 16.2. The lowest BCUT2D eigenvalue weighted by atomic mass is 9.99. The molecule has 1 aliphatic heterocycles. The van der Waals surface area contributed by atoms with Crippen molar-refractivity contribution in [2.45, 2.75) is 50.2 Å². The van der Waals surface area contributed by atoms with E-state index < -0.39 is 53.9 Å². The lowest BCUT2D eigenvalue weighted by molar-refractivity contribution is -0.235.